The summed E-state index contributed by atoms with van der Waals surface area (Å²) in [6.07, 6.45) is 1.63. The van der Waals surface area contributed by atoms with Gasteiger partial charge in [0.2, 0.25) is 0 Å². The van der Waals surface area contributed by atoms with Gasteiger partial charge in [-0.25, -0.2) is 0 Å². The van der Waals surface area contributed by atoms with E-state index in [-0.39, 0.29) is 5.91 Å². The van der Waals surface area contributed by atoms with Crippen LogP contribution in [0.2, 0.25) is 0 Å². The topological polar surface area (TPSA) is 54.9 Å². The van der Waals surface area contributed by atoms with Crippen molar-refractivity contribution in [1.82, 2.24) is 15.5 Å². The van der Waals surface area contributed by atoms with Gasteiger partial charge in [-0.3, -0.25) is 4.79 Å². The van der Waals surface area contributed by atoms with Gasteiger partial charge in [-0.2, -0.15) is 5.10 Å². The minimum Gasteiger partial charge on any atom is -0.355 e. The van der Waals surface area contributed by atoms with Crippen molar-refractivity contribution in [3.05, 3.63) is 35.5 Å². The Morgan fingerprint density at radius 2 is 2.13 bits per heavy atom. The lowest BCUT2D eigenvalue weighted by Crippen LogP contribution is -2.18. The van der Waals surface area contributed by atoms with Crippen molar-refractivity contribution >= 4 is 16.8 Å². The number of fused-ring (bicyclic) bond motifs is 1. The molecule has 2 rings (SSSR count). The summed E-state index contributed by atoms with van der Waals surface area (Å²) in [6, 6.07) is 5.55. The van der Waals surface area contributed by atoms with Gasteiger partial charge >= 0.3 is 0 Å². The maximum Gasteiger partial charge on any atom is 0.253 e. The number of hydrogen-bond acceptors (Lipinski definition) is 3. The largest absolute Gasteiger partial charge is 0.355 e. The predicted octanol–water partition coefficient (Wildman–Crippen LogP) is 1.30. The van der Waals surface area contributed by atoms with Gasteiger partial charge in [0.25, 0.3) is 5.91 Å². The van der Waals surface area contributed by atoms with Gasteiger partial charge in [-0.15, -0.1) is 5.10 Å². The summed E-state index contributed by atoms with van der Waals surface area (Å²) in [7, 11) is 1.60. The Morgan fingerprint density at radius 3 is 2.87 bits per heavy atom. The van der Waals surface area contributed by atoms with E-state index in [9.17, 15) is 4.79 Å². The van der Waals surface area contributed by atoms with Crippen LogP contribution in [0.3, 0.4) is 0 Å². The molecule has 1 N–H and O–H groups in total. The third kappa shape index (κ3) is 1.54. The van der Waals surface area contributed by atoms with Crippen molar-refractivity contribution in [3.8, 4) is 0 Å². The number of nitrogens with zero attached hydrogens (tertiary/aromatic N) is 2. The minimum atomic E-state index is -0.138. The third-order valence-electron chi connectivity index (χ3n) is 2.37. The quantitative estimate of drug-likeness (QED) is 0.756. The van der Waals surface area contributed by atoms with Crippen LogP contribution in [0.25, 0.3) is 10.9 Å². The van der Waals surface area contributed by atoms with E-state index in [1.165, 1.54) is 0 Å². The molecule has 1 amide bonds. The molecule has 1 aromatic carbocycles. The molecule has 0 saturated heterocycles. The fourth-order valence-corrected chi connectivity index (χ4v) is 1.54. The first kappa shape index (κ1) is 9.58. The highest BCUT2D eigenvalue weighted by molar-refractivity contribution is 6.05. The van der Waals surface area contributed by atoms with Gasteiger partial charge < -0.3 is 5.32 Å². The van der Waals surface area contributed by atoms with Gasteiger partial charge in [0, 0.05) is 12.4 Å². The Bertz CT molecular complexity index is 522. The molecule has 0 aliphatic rings. The molecular formula is C11H11N3O. The number of benzene rings is 1. The molecule has 1 aromatic heterocycles. The molecule has 4 heteroatoms. The first-order valence-corrected chi connectivity index (χ1v) is 4.67. The molecule has 0 bridgehead atoms. The minimum absolute atomic E-state index is 0.138. The van der Waals surface area contributed by atoms with Crippen molar-refractivity contribution in [2.24, 2.45) is 0 Å². The Kier molecular flexibility index (Phi) is 2.33. The van der Waals surface area contributed by atoms with E-state index >= 15 is 0 Å². The van der Waals surface area contributed by atoms with Crippen LogP contribution >= 0.6 is 0 Å². The van der Waals surface area contributed by atoms with Crippen LogP contribution in [0.5, 0.6) is 0 Å². The van der Waals surface area contributed by atoms with E-state index in [0.717, 1.165) is 10.9 Å². The van der Waals surface area contributed by atoms with Crippen molar-refractivity contribution in [2.75, 3.05) is 7.05 Å². The average Bonchev–Trinajstić information content (AvgIpc) is 2.29. The van der Waals surface area contributed by atoms with Crippen molar-refractivity contribution in [2.45, 2.75) is 6.92 Å². The number of carbonyl (C=O) groups excluding carboxylic acids is 1. The Hall–Kier alpha value is -1.97. The van der Waals surface area contributed by atoms with Crippen molar-refractivity contribution in [1.29, 1.82) is 0 Å². The lowest BCUT2D eigenvalue weighted by Gasteiger charge is -2.05. The molecule has 0 saturated carbocycles. The van der Waals surface area contributed by atoms with Gasteiger partial charge in [0.1, 0.15) is 5.52 Å². The summed E-state index contributed by atoms with van der Waals surface area (Å²) < 4.78 is 0. The summed E-state index contributed by atoms with van der Waals surface area (Å²) in [5.41, 5.74) is 2.30. The Morgan fingerprint density at radius 1 is 1.33 bits per heavy atom. The molecule has 0 radical (unpaired) electrons. The SMILES string of the molecule is CNC(=O)c1ccc(C)c2ccnnc12. The molecule has 1 heterocycles. The zero-order valence-electron chi connectivity index (χ0n) is 8.61. The van der Waals surface area contributed by atoms with E-state index in [0.29, 0.717) is 11.1 Å². The second-order valence-electron chi connectivity index (χ2n) is 3.30. The molecule has 0 spiro atoms. The van der Waals surface area contributed by atoms with Crippen molar-refractivity contribution < 1.29 is 4.79 Å². The van der Waals surface area contributed by atoms with E-state index in [1.807, 2.05) is 19.1 Å². The average molecular weight is 201 g/mol. The molecule has 4 nitrogen and oxygen atoms in total. The molecule has 0 aliphatic carbocycles. The number of aromatic nitrogens is 2. The number of rotatable bonds is 1. The molecule has 0 aliphatic heterocycles. The maximum absolute atomic E-state index is 11.6. The maximum atomic E-state index is 11.6. The molecule has 0 atom stereocenters. The van der Waals surface area contributed by atoms with E-state index < -0.39 is 0 Å². The number of aryl methyl sites for hydroxylation is 1. The van der Waals surface area contributed by atoms with Gasteiger partial charge in [0.15, 0.2) is 0 Å². The fraction of sp³-hybridized carbons (Fsp3) is 0.182. The van der Waals surface area contributed by atoms with Gasteiger partial charge in [-0.05, 0) is 24.6 Å². The molecule has 0 unspecified atom stereocenters. The Balaban J connectivity index is 2.77. The molecule has 76 valence electrons. The smallest absolute Gasteiger partial charge is 0.253 e. The predicted molar refractivity (Wildman–Crippen MR) is 57.7 cm³/mol. The second kappa shape index (κ2) is 3.65. The highest BCUT2D eigenvalue weighted by Gasteiger charge is 2.10. The first-order valence-electron chi connectivity index (χ1n) is 4.67. The van der Waals surface area contributed by atoms with Crippen LogP contribution in [0, 0.1) is 6.92 Å². The van der Waals surface area contributed by atoms with Crippen LogP contribution < -0.4 is 5.32 Å². The van der Waals surface area contributed by atoms with Gasteiger partial charge in [-0.1, -0.05) is 6.07 Å². The van der Waals surface area contributed by atoms with Crippen LogP contribution in [-0.2, 0) is 0 Å². The molecular weight excluding hydrogens is 190 g/mol. The molecule has 15 heavy (non-hydrogen) atoms. The first-order chi connectivity index (χ1) is 7.24. The number of hydrogen-bond donors (Lipinski definition) is 1. The summed E-state index contributed by atoms with van der Waals surface area (Å²) in [5.74, 6) is -0.138. The Labute approximate surface area is 87.3 Å². The summed E-state index contributed by atoms with van der Waals surface area (Å²) >= 11 is 0. The van der Waals surface area contributed by atoms with E-state index in [2.05, 4.69) is 15.5 Å². The monoisotopic (exact) mass is 201 g/mol. The summed E-state index contributed by atoms with van der Waals surface area (Å²) in [6.45, 7) is 1.98. The summed E-state index contributed by atoms with van der Waals surface area (Å²) in [4.78, 5) is 11.6. The van der Waals surface area contributed by atoms with E-state index in [4.69, 9.17) is 0 Å². The third-order valence-corrected chi connectivity index (χ3v) is 2.37. The highest BCUT2D eigenvalue weighted by atomic mass is 16.1. The van der Waals surface area contributed by atoms with E-state index in [1.54, 1.807) is 19.3 Å². The molecule has 0 fully saturated rings. The van der Waals surface area contributed by atoms with Crippen LogP contribution in [0.4, 0.5) is 0 Å². The lowest BCUT2D eigenvalue weighted by molar-refractivity contribution is 0.0964. The lowest BCUT2D eigenvalue weighted by atomic mass is 10.1. The van der Waals surface area contributed by atoms with Gasteiger partial charge in [0.05, 0.1) is 11.8 Å². The molecule has 2 aromatic rings. The van der Waals surface area contributed by atoms with Crippen LogP contribution in [0.15, 0.2) is 24.4 Å². The standard InChI is InChI=1S/C11H11N3O/c1-7-3-4-9(11(15)12-2)10-8(7)5-6-13-14-10/h3-6H,1-2H3,(H,12,15). The highest BCUT2D eigenvalue weighted by Crippen LogP contribution is 2.19. The zero-order chi connectivity index (χ0) is 10.8. The number of amides is 1. The fourth-order valence-electron chi connectivity index (χ4n) is 1.54. The zero-order valence-corrected chi connectivity index (χ0v) is 8.61. The number of nitrogens with one attached hydrogen (secondary N) is 1. The van der Waals surface area contributed by atoms with Crippen LogP contribution in [0.1, 0.15) is 15.9 Å². The number of carbonyl (C=O) groups is 1. The van der Waals surface area contributed by atoms with Crippen LogP contribution in [-0.4, -0.2) is 23.2 Å². The second-order valence-corrected chi connectivity index (χ2v) is 3.30. The normalized spacial score (nSPS) is 10.3. The summed E-state index contributed by atoms with van der Waals surface area (Å²) in [5, 5.41) is 11.4. The van der Waals surface area contributed by atoms with Crippen molar-refractivity contribution in [3.63, 3.8) is 0 Å².